The Hall–Kier alpha value is -1.99. The Morgan fingerprint density at radius 3 is 2.57 bits per heavy atom. The van der Waals surface area contributed by atoms with Crippen molar-refractivity contribution in [1.82, 2.24) is 4.72 Å². The van der Waals surface area contributed by atoms with Gasteiger partial charge < -0.3 is 5.32 Å². The van der Waals surface area contributed by atoms with Gasteiger partial charge in [-0.3, -0.25) is 0 Å². The molecule has 3 rings (SSSR count). The monoisotopic (exact) mass is 338 g/mol. The fourth-order valence-electron chi connectivity index (χ4n) is 2.56. The Morgan fingerprint density at radius 1 is 1.13 bits per heavy atom. The number of anilines is 1. The van der Waals surface area contributed by atoms with Gasteiger partial charge in [-0.1, -0.05) is 12.1 Å². The van der Waals surface area contributed by atoms with E-state index in [1.54, 1.807) is 6.07 Å². The zero-order valence-corrected chi connectivity index (χ0v) is 13.2. The fraction of sp³-hybridized carbons (Fsp3) is 0.250. The van der Waals surface area contributed by atoms with E-state index in [1.807, 2.05) is 6.07 Å². The van der Waals surface area contributed by atoms with Gasteiger partial charge in [0, 0.05) is 12.0 Å². The average molecular weight is 338 g/mol. The predicted molar refractivity (Wildman–Crippen MR) is 83.8 cm³/mol. The van der Waals surface area contributed by atoms with E-state index in [1.165, 1.54) is 31.3 Å². The molecule has 1 aliphatic carbocycles. The molecule has 0 amide bonds. The van der Waals surface area contributed by atoms with Crippen LogP contribution in [0.2, 0.25) is 0 Å². The second kappa shape index (κ2) is 5.90. The maximum absolute atomic E-state index is 14.1. The molecule has 0 unspecified atom stereocenters. The van der Waals surface area contributed by atoms with Crippen LogP contribution in [0.15, 0.2) is 47.4 Å². The first-order valence-corrected chi connectivity index (χ1v) is 8.64. The zero-order chi connectivity index (χ0) is 16.6. The predicted octanol–water partition coefficient (Wildman–Crippen LogP) is 2.84. The van der Waals surface area contributed by atoms with Gasteiger partial charge in [-0.05, 0) is 49.4 Å². The lowest BCUT2D eigenvalue weighted by Crippen LogP contribution is -2.19. The molecular formula is C16H16F2N2O2S. The number of halogens is 2. The van der Waals surface area contributed by atoms with Crippen molar-refractivity contribution in [3.63, 3.8) is 0 Å². The van der Waals surface area contributed by atoms with Crippen molar-refractivity contribution in [2.45, 2.75) is 23.3 Å². The third-order valence-electron chi connectivity index (χ3n) is 3.93. The molecule has 0 radical (unpaired) electrons. The third kappa shape index (κ3) is 3.35. The van der Waals surface area contributed by atoms with Gasteiger partial charge in [-0.25, -0.2) is 21.9 Å². The molecule has 23 heavy (non-hydrogen) atoms. The summed E-state index contributed by atoms with van der Waals surface area (Å²) >= 11 is 0. The van der Waals surface area contributed by atoms with Crippen molar-refractivity contribution in [2.24, 2.45) is 0 Å². The molecule has 0 spiro atoms. The molecule has 2 N–H and O–H groups in total. The Kier molecular flexibility index (Phi) is 4.08. The Labute approximate surface area is 133 Å². The Bertz CT molecular complexity index is 840. The van der Waals surface area contributed by atoms with Crippen LogP contribution in [0.1, 0.15) is 17.9 Å². The second-order valence-corrected chi connectivity index (χ2v) is 7.38. The molecule has 2 aromatic rings. The lowest BCUT2D eigenvalue weighted by atomic mass is 10.1. The first-order valence-electron chi connectivity index (χ1n) is 7.16. The number of benzene rings is 2. The topological polar surface area (TPSA) is 58.2 Å². The van der Waals surface area contributed by atoms with Crippen molar-refractivity contribution in [2.75, 3.05) is 12.4 Å². The SMILES string of the molecule is CNS(=O)(=O)c1ccc(N[C@@H]2C[C@H]2c2cccc(F)c2)c(F)c1. The van der Waals surface area contributed by atoms with Gasteiger partial charge in [0.25, 0.3) is 0 Å². The van der Waals surface area contributed by atoms with Gasteiger partial charge >= 0.3 is 0 Å². The Balaban J connectivity index is 1.73. The molecule has 0 aliphatic heterocycles. The molecule has 1 aliphatic rings. The summed E-state index contributed by atoms with van der Waals surface area (Å²) in [4.78, 5) is -0.125. The van der Waals surface area contributed by atoms with Crippen molar-refractivity contribution < 1.29 is 17.2 Å². The molecule has 0 aromatic heterocycles. The van der Waals surface area contributed by atoms with E-state index in [0.717, 1.165) is 18.1 Å². The third-order valence-corrected chi connectivity index (χ3v) is 5.34. The van der Waals surface area contributed by atoms with Crippen LogP contribution >= 0.6 is 0 Å². The van der Waals surface area contributed by atoms with Gasteiger partial charge in [0.1, 0.15) is 11.6 Å². The lowest BCUT2D eigenvalue weighted by Gasteiger charge is -2.09. The van der Waals surface area contributed by atoms with E-state index >= 15 is 0 Å². The smallest absolute Gasteiger partial charge is 0.240 e. The summed E-state index contributed by atoms with van der Waals surface area (Å²) in [6, 6.07) is 10.1. The molecule has 2 aromatic carbocycles. The summed E-state index contributed by atoms with van der Waals surface area (Å²) in [5.74, 6) is -0.794. The van der Waals surface area contributed by atoms with Gasteiger partial charge in [-0.15, -0.1) is 0 Å². The lowest BCUT2D eigenvalue weighted by molar-refractivity contribution is 0.584. The van der Waals surface area contributed by atoms with Crippen LogP contribution in [0.5, 0.6) is 0 Å². The van der Waals surface area contributed by atoms with Crippen molar-refractivity contribution in [3.05, 3.63) is 59.7 Å². The first kappa shape index (κ1) is 15.9. The number of rotatable bonds is 5. The highest BCUT2D eigenvalue weighted by Gasteiger charge is 2.38. The minimum Gasteiger partial charge on any atom is -0.379 e. The fourth-order valence-corrected chi connectivity index (χ4v) is 3.30. The van der Waals surface area contributed by atoms with Crippen LogP contribution in [0, 0.1) is 11.6 Å². The van der Waals surface area contributed by atoms with Crippen LogP contribution in [0.4, 0.5) is 14.5 Å². The summed E-state index contributed by atoms with van der Waals surface area (Å²) in [5, 5.41) is 3.04. The van der Waals surface area contributed by atoms with E-state index in [0.29, 0.717) is 0 Å². The van der Waals surface area contributed by atoms with Crippen molar-refractivity contribution in [3.8, 4) is 0 Å². The standard InChI is InChI=1S/C16H16F2N2O2S/c1-19-23(21,22)12-5-6-15(14(18)8-12)20-16-9-13(16)10-3-2-4-11(17)7-10/h2-8,13,16,19-20H,9H2,1H3/t13-,16+/m0/s1. The van der Waals surface area contributed by atoms with Crippen molar-refractivity contribution >= 4 is 15.7 Å². The molecule has 122 valence electrons. The van der Waals surface area contributed by atoms with Crippen LogP contribution in [-0.2, 0) is 10.0 Å². The number of hydrogen-bond donors (Lipinski definition) is 2. The largest absolute Gasteiger partial charge is 0.379 e. The number of sulfonamides is 1. The van der Waals surface area contributed by atoms with Crippen LogP contribution < -0.4 is 10.0 Å². The van der Waals surface area contributed by atoms with E-state index < -0.39 is 15.8 Å². The highest BCUT2D eigenvalue weighted by molar-refractivity contribution is 7.89. The van der Waals surface area contributed by atoms with E-state index in [4.69, 9.17) is 0 Å². The number of nitrogens with one attached hydrogen (secondary N) is 2. The summed E-state index contributed by atoms with van der Waals surface area (Å²) < 4.78 is 52.7. The molecule has 0 bridgehead atoms. The summed E-state index contributed by atoms with van der Waals surface area (Å²) in [6.45, 7) is 0. The second-order valence-electron chi connectivity index (χ2n) is 5.50. The minimum atomic E-state index is -3.67. The quantitative estimate of drug-likeness (QED) is 0.881. The van der Waals surface area contributed by atoms with Gasteiger partial charge in [-0.2, -0.15) is 0 Å². The van der Waals surface area contributed by atoms with Crippen LogP contribution in [0.3, 0.4) is 0 Å². The molecular weight excluding hydrogens is 322 g/mol. The first-order chi connectivity index (χ1) is 10.9. The molecule has 7 heteroatoms. The summed E-state index contributed by atoms with van der Waals surface area (Å²) in [5.41, 5.74) is 1.11. The molecule has 1 fully saturated rings. The Morgan fingerprint density at radius 2 is 1.91 bits per heavy atom. The molecule has 0 heterocycles. The summed E-state index contributed by atoms with van der Waals surface area (Å²) in [6.07, 6.45) is 0.777. The normalized spacial score (nSPS) is 20.3. The van der Waals surface area contributed by atoms with Gasteiger partial charge in [0.05, 0.1) is 10.6 Å². The highest BCUT2D eigenvalue weighted by Crippen LogP contribution is 2.43. The average Bonchev–Trinajstić information content (AvgIpc) is 3.28. The highest BCUT2D eigenvalue weighted by atomic mass is 32.2. The maximum atomic E-state index is 14.1. The van der Waals surface area contributed by atoms with Crippen molar-refractivity contribution in [1.29, 1.82) is 0 Å². The van der Waals surface area contributed by atoms with E-state index in [2.05, 4.69) is 10.0 Å². The van der Waals surface area contributed by atoms with Crippen LogP contribution in [0.25, 0.3) is 0 Å². The summed E-state index contributed by atoms with van der Waals surface area (Å²) in [7, 11) is -2.40. The zero-order valence-electron chi connectivity index (χ0n) is 12.4. The molecule has 2 atom stereocenters. The maximum Gasteiger partial charge on any atom is 0.240 e. The van der Waals surface area contributed by atoms with Gasteiger partial charge in [0.15, 0.2) is 0 Å². The molecule has 1 saturated carbocycles. The van der Waals surface area contributed by atoms with E-state index in [9.17, 15) is 17.2 Å². The van der Waals surface area contributed by atoms with Gasteiger partial charge in [0.2, 0.25) is 10.0 Å². The van der Waals surface area contributed by atoms with E-state index in [-0.39, 0.29) is 28.4 Å². The molecule has 4 nitrogen and oxygen atoms in total. The number of hydrogen-bond acceptors (Lipinski definition) is 3. The molecule has 0 saturated heterocycles. The minimum absolute atomic E-state index is 0.0121. The van der Waals surface area contributed by atoms with Crippen LogP contribution in [-0.4, -0.2) is 21.5 Å².